The Hall–Kier alpha value is -5.93. The van der Waals surface area contributed by atoms with Crippen molar-refractivity contribution in [3.63, 3.8) is 0 Å². The molecule has 2 aromatic carbocycles. The highest BCUT2D eigenvalue weighted by Crippen LogP contribution is 2.33. The van der Waals surface area contributed by atoms with Gasteiger partial charge in [-0.1, -0.05) is 58.0 Å². The number of carbonyl (C=O) groups is 5. The number of anilines is 1. The van der Waals surface area contributed by atoms with Crippen LogP contribution in [-0.4, -0.2) is 105 Å². The molecule has 16 nitrogen and oxygen atoms in total. The number of nitrogens with one attached hydrogen (secondary N) is 5. The second-order valence-corrected chi connectivity index (χ2v) is 14.7. The van der Waals surface area contributed by atoms with Crippen LogP contribution in [0.2, 0.25) is 0 Å². The van der Waals surface area contributed by atoms with Gasteiger partial charge in [0.25, 0.3) is 0 Å². The van der Waals surface area contributed by atoms with Gasteiger partial charge >= 0.3 is 12.2 Å². The predicted molar refractivity (Wildman–Crippen MR) is 204 cm³/mol. The van der Waals surface area contributed by atoms with E-state index in [9.17, 15) is 24.0 Å². The minimum Gasteiger partial charge on any atom is -0.453 e. The lowest BCUT2D eigenvalue weighted by Gasteiger charge is -2.30. The van der Waals surface area contributed by atoms with Crippen molar-refractivity contribution in [2.45, 2.75) is 77.5 Å². The molecule has 2 aliphatic rings. The smallest absolute Gasteiger partial charge is 0.407 e. The third-order valence-corrected chi connectivity index (χ3v) is 10.3. The van der Waals surface area contributed by atoms with E-state index in [-0.39, 0.29) is 41.5 Å². The zero-order valence-electron chi connectivity index (χ0n) is 32.0. The molecule has 292 valence electrons. The lowest BCUT2D eigenvalue weighted by atomic mass is 10.0. The molecule has 2 fully saturated rings. The molecular formula is C39H49N9O7. The fourth-order valence-electron chi connectivity index (χ4n) is 7.31. The number of benzene rings is 2. The minimum absolute atomic E-state index is 0.121. The Labute approximate surface area is 319 Å². The fourth-order valence-corrected chi connectivity index (χ4v) is 7.31. The molecule has 0 bridgehead atoms. The van der Waals surface area contributed by atoms with E-state index in [1.54, 1.807) is 11.1 Å². The second-order valence-electron chi connectivity index (χ2n) is 14.7. The largest absolute Gasteiger partial charge is 0.453 e. The van der Waals surface area contributed by atoms with Crippen LogP contribution in [0.25, 0.3) is 33.4 Å². The summed E-state index contributed by atoms with van der Waals surface area (Å²) in [5.41, 5.74) is 5.04. The molecule has 16 heteroatoms. The van der Waals surface area contributed by atoms with Gasteiger partial charge in [0, 0.05) is 13.1 Å². The number of aromatic nitrogens is 4. The van der Waals surface area contributed by atoms with E-state index >= 15 is 0 Å². The lowest BCUT2D eigenvalue weighted by Crippen LogP contribution is -2.54. The van der Waals surface area contributed by atoms with E-state index in [0.29, 0.717) is 37.3 Å². The van der Waals surface area contributed by atoms with Crippen molar-refractivity contribution in [3.05, 3.63) is 54.5 Å². The van der Waals surface area contributed by atoms with Gasteiger partial charge in [-0.15, -0.1) is 0 Å². The minimum atomic E-state index is -0.821. The highest BCUT2D eigenvalue weighted by molar-refractivity contribution is 5.99. The van der Waals surface area contributed by atoms with Crippen LogP contribution in [0.4, 0.5) is 15.5 Å². The van der Waals surface area contributed by atoms with E-state index in [1.165, 1.54) is 19.1 Å². The number of hydrogen-bond donors (Lipinski definition) is 5. The van der Waals surface area contributed by atoms with E-state index in [4.69, 9.17) is 9.47 Å². The molecule has 4 heterocycles. The Morgan fingerprint density at radius 1 is 0.764 bits per heavy atom. The number of ether oxygens (including phenoxy) is 2. The van der Waals surface area contributed by atoms with Crippen molar-refractivity contribution in [1.29, 1.82) is 0 Å². The molecule has 4 atom stereocenters. The van der Waals surface area contributed by atoms with Crippen LogP contribution in [-0.2, 0) is 23.9 Å². The van der Waals surface area contributed by atoms with Crippen molar-refractivity contribution in [2.24, 2.45) is 11.8 Å². The summed E-state index contributed by atoms with van der Waals surface area (Å²) in [6.07, 6.45) is 3.17. The summed E-state index contributed by atoms with van der Waals surface area (Å²) >= 11 is 0. The molecule has 5 N–H and O–H groups in total. The quantitative estimate of drug-likeness (QED) is 0.140. The van der Waals surface area contributed by atoms with Crippen LogP contribution in [0, 0.1) is 11.8 Å². The van der Waals surface area contributed by atoms with Gasteiger partial charge in [0.05, 0.1) is 43.2 Å². The first-order valence-electron chi connectivity index (χ1n) is 18.6. The number of nitrogens with zero attached hydrogens (tertiary/aromatic N) is 4. The summed E-state index contributed by atoms with van der Waals surface area (Å²) in [7, 11) is 2.52. The Morgan fingerprint density at radius 3 is 1.98 bits per heavy atom. The van der Waals surface area contributed by atoms with Gasteiger partial charge in [0.1, 0.15) is 23.9 Å². The number of H-pyrrole nitrogens is 2. The maximum absolute atomic E-state index is 13.5. The Bertz CT molecular complexity index is 2040. The van der Waals surface area contributed by atoms with Crippen LogP contribution in [0.5, 0.6) is 0 Å². The maximum Gasteiger partial charge on any atom is 0.407 e. The average molecular weight is 756 g/mol. The van der Waals surface area contributed by atoms with E-state index in [0.717, 1.165) is 40.7 Å². The Kier molecular flexibility index (Phi) is 11.7. The second kappa shape index (κ2) is 16.6. The predicted octanol–water partition coefficient (Wildman–Crippen LogP) is 4.97. The highest BCUT2D eigenvalue weighted by Gasteiger charge is 2.40. The van der Waals surface area contributed by atoms with Crippen molar-refractivity contribution < 1.29 is 33.4 Å². The molecule has 2 saturated heterocycles. The molecule has 5 amide bonds. The van der Waals surface area contributed by atoms with Gasteiger partial charge < -0.3 is 39.9 Å². The van der Waals surface area contributed by atoms with Gasteiger partial charge in [0.2, 0.25) is 23.7 Å². The molecule has 6 rings (SSSR count). The molecular weight excluding hydrogens is 706 g/mol. The molecule has 4 aromatic rings. The standard InChI is InChI=1S/C39H49N9O7/c1-21(2)31(44-38(52)54-5)35(50)47-17-7-9-29(47)33-40-20-28(41-33)24-13-11-23(12-14-24)25-15-16-26-27(19-25)43-37(42-26)46-34(49)30-10-8-18-48(30)36(51)32(22(3)4)45-39(53)55-6/h11-16,19-22,29-32H,7-10,17-18H2,1-6H3,(H,40,41)(H,44,52)(H,45,53)(H2,42,43,46,49)/t29?,30?,31-,32?/m0/s1. The molecule has 0 spiro atoms. The number of hydrogen-bond acceptors (Lipinski definition) is 9. The zero-order chi connectivity index (χ0) is 39.4. The fraction of sp³-hybridized carbons (Fsp3) is 0.462. The third-order valence-electron chi connectivity index (χ3n) is 10.3. The number of fused-ring (bicyclic) bond motifs is 1. The van der Waals surface area contributed by atoms with E-state index in [1.807, 2.05) is 70.2 Å². The summed E-state index contributed by atoms with van der Waals surface area (Å²) < 4.78 is 9.44. The number of aromatic amines is 2. The first kappa shape index (κ1) is 38.8. The van der Waals surface area contributed by atoms with Crippen LogP contribution >= 0.6 is 0 Å². The van der Waals surface area contributed by atoms with Gasteiger partial charge in [-0.2, -0.15) is 0 Å². The van der Waals surface area contributed by atoms with Crippen LogP contribution in [0.15, 0.2) is 48.7 Å². The van der Waals surface area contributed by atoms with Crippen LogP contribution < -0.4 is 16.0 Å². The SMILES string of the molecule is COC(=O)NC(C(=O)N1CCCC1C(=O)Nc1nc2cc(-c3ccc(-c4cnc(C5CCCN5C(=O)[C@@H](NC(=O)OC)C(C)C)[nH]4)cc3)ccc2[nH]1)C(C)C. The first-order valence-corrected chi connectivity index (χ1v) is 18.6. The number of carbonyl (C=O) groups excluding carboxylic acids is 5. The normalized spacial score (nSPS) is 18.0. The summed E-state index contributed by atoms with van der Waals surface area (Å²) in [5.74, 6) is -0.200. The van der Waals surface area contributed by atoms with Crippen molar-refractivity contribution in [2.75, 3.05) is 32.6 Å². The topological polar surface area (TPSA) is 204 Å². The number of methoxy groups -OCH3 is 2. The first-order chi connectivity index (χ1) is 26.4. The number of alkyl carbamates (subject to hydrolysis) is 2. The number of imidazole rings is 2. The number of likely N-dealkylation sites (tertiary alicyclic amines) is 2. The van der Waals surface area contributed by atoms with Crippen LogP contribution in [0.1, 0.15) is 65.2 Å². The van der Waals surface area contributed by atoms with Gasteiger partial charge in [-0.25, -0.2) is 19.6 Å². The molecule has 3 unspecified atom stereocenters. The monoisotopic (exact) mass is 755 g/mol. The lowest BCUT2D eigenvalue weighted by molar-refractivity contribution is -0.139. The summed E-state index contributed by atoms with van der Waals surface area (Å²) in [6.45, 7) is 8.40. The number of rotatable bonds is 11. The van der Waals surface area contributed by atoms with Crippen molar-refractivity contribution >= 4 is 46.9 Å². The zero-order valence-corrected chi connectivity index (χ0v) is 32.0. The third kappa shape index (κ3) is 8.42. The molecule has 0 radical (unpaired) electrons. The van der Waals surface area contributed by atoms with Crippen LogP contribution in [0.3, 0.4) is 0 Å². The van der Waals surface area contributed by atoms with Gasteiger partial charge in [-0.3, -0.25) is 19.7 Å². The molecule has 55 heavy (non-hydrogen) atoms. The highest BCUT2D eigenvalue weighted by atomic mass is 16.5. The molecule has 0 saturated carbocycles. The summed E-state index contributed by atoms with van der Waals surface area (Å²) in [5, 5.41) is 8.13. The summed E-state index contributed by atoms with van der Waals surface area (Å²) in [6, 6.07) is 11.4. The summed E-state index contributed by atoms with van der Waals surface area (Å²) in [4.78, 5) is 83.3. The van der Waals surface area contributed by atoms with Gasteiger partial charge in [-0.05, 0) is 66.3 Å². The Morgan fingerprint density at radius 2 is 1.35 bits per heavy atom. The van der Waals surface area contributed by atoms with E-state index in [2.05, 4.69) is 35.9 Å². The Balaban J connectivity index is 1.11. The number of amides is 5. The molecule has 0 aliphatic carbocycles. The van der Waals surface area contributed by atoms with Crippen molar-refractivity contribution in [1.82, 2.24) is 40.4 Å². The van der Waals surface area contributed by atoms with Crippen molar-refractivity contribution in [3.8, 4) is 22.4 Å². The van der Waals surface area contributed by atoms with Gasteiger partial charge in [0.15, 0.2) is 0 Å². The molecule has 2 aromatic heterocycles. The van der Waals surface area contributed by atoms with E-state index < -0.39 is 30.3 Å². The maximum atomic E-state index is 13.5. The molecule has 2 aliphatic heterocycles. The average Bonchev–Trinajstić information content (AvgIpc) is 4.01.